The van der Waals surface area contributed by atoms with Crippen LogP contribution in [0.4, 0.5) is 17.5 Å². The molecule has 1 aromatic carbocycles. The minimum absolute atomic E-state index is 0.382. The van der Waals surface area contributed by atoms with Gasteiger partial charge in [0.1, 0.15) is 16.9 Å². The summed E-state index contributed by atoms with van der Waals surface area (Å²) in [6.45, 7) is 5.19. The lowest BCUT2D eigenvalue weighted by molar-refractivity contribution is 0.707. The molecule has 0 amide bonds. The van der Waals surface area contributed by atoms with Gasteiger partial charge in [-0.3, -0.25) is 0 Å². The Bertz CT molecular complexity index is 881. The van der Waals surface area contributed by atoms with Gasteiger partial charge in [-0.1, -0.05) is 12.2 Å². The molecule has 0 atom stereocenters. The molecule has 7 nitrogen and oxygen atoms in total. The van der Waals surface area contributed by atoms with Crippen molar-refractivity contribution < 1.29 is 0 Å². The Morgan fingerprint density at radius 1 is 1.22 bits per heavy atom. The number of fused-ring (bicyclic) bond motifs is 2. The number of aromatic amines is 1. The zero-order chi connectivity index (χ0) is 15.8. The first-order chi connectivity index (χ1) is 11.2. The largest absolute Gasteiger partial charge is 0.350 e. The zero-order valence-electron chi connectivity index (χ0n) is 13.0. The van der Waals surface area contributed by atoms with Crippen LogP contribution in [0.2, 0.25) is 0 Å². The van der Waals surface area contributed by atoms with Gasteiger partial charge in [-0.2, -0.15) is 20.4 Å². The molecule has 0 saturated carbocycles. The highest BCUT2D eigenvalue weighted by molar-refractivity contribution is 5.79. The van der Waals surface area contributed by atoms with Crippen LogP contribution in [0, 0.1) is 0 Å². The number of hydrogen-bond acceptors (Lipinski definition) is 6. The second kappa shape index (κ2) is 5.35. The summed E-state index contributed by atoms with van der Waals surface area (Å²) in [4.78, 5) is 11.3. The van der Waals surface area contributed by atoms with E-state index in [0.717, 1.165) is 34.6 Å². The number of nitrogens with one attached hydrogen (secondary N) is 2. The van der Waals surface area contributed by atoms with E-state index in [1.165, 1.54) is 0 Å². The number of anilines is 3. The molecule has 1 aliphatic heterocycles. The summed E-state index contributed by atoms with van der Waals surface area (Å²) in [6.07, 6.45) is 6.06. The third-order valence-corrected chi connectivity index (χ3v) is 3.86. The van der Waals surface area contributed by atoms with Crippen LogP contribution in [0.3, 0.4) is 0 Å². The van der Waals surface area contributed by atoms with E-state index < -0.39 is 0 Å². The molecular weight excluding hydrogens is 290 g/mol. The minimum Gasteiger partial charge on any atom is -0.350 e. The first-order valence-corrected chi connectivity index (χ1v) is 7.58. The van der Waals surface area contributed by atoms with Crippen molar-refractivity contribution in [3.05, 3.63) is 36.0 Å². The minimum atomic E-state index is 0.382. The predicted octanol–water partition coefficient (Wildman–Crippen LogP) is 2.73. The molecule has 2 aromatic heterocycles. The maximum atomic E-state index is 4.69. The predicted molar refractivity (Wildman–Crippen MR) is 90.7 cm³/mol. The third kappa shape index (κ3) is 2.50. The molecular formula is C16H17N7. The van der Waals surface area contributed by atoms with Crippen molar-refractivity contribution in [1.82, 2.24) is 25.4 Å². The lowest BCUT2D eigenvalue weighted by Crippen LogP contribution is -2.33. The van der Waals surface area contributed by atoms with Gasteiger partial charge < -0.3 is 10.2 Å². The number of H-pyrrole nitrogens is 1. The first-order valence-electron chi connectivity index (χ1n) is 7.58. The van der Waals surface area contributed by atoms with Gasteiger partial charge in [0.25, 0.3) is 0 Å². The molecule has 0 bridgehead atoms. The fraction of sp³-hybridized carbons (Fsp3) is 0.250. The fourth-order valence-electron chi connectivity index (χ4n) is 2.67. The van der Waals surface area contributed by atoms with E-state index in [2.05, 4.69) is 61.6 Å². The Morgan fingerprint density at radius 3 is 2.96 bits per heavy atom. The highest BCUT2D eigenvalue weighted by Gasteiger charge is 2.18. The maximum absolute atomic E-state index is 4.69. The van der Waals surface area contributed by atoms with Crippen LogP contribution in [0.25, 0.3) is 17.1 Å². The smallest absolute Gasteiger partial charge is 0.229 e. The Labute approximate surface area is 133 Å². The fourth-order valence-corrected chi connectivity index (χ4v) is 2.67. The quantitative estimate of drug-likeness (QED) is 0.774. The molecule has 0 fully saturated rings. The standard InChI is InChI=1S/C16H17N7/c1-10(2)23-7-3-4-11-9-17-16(19-15(11)23)18-12-5-6-13-14(8-12)21-22-20-13/h3-6,8-10H,7H2,1-2H3,(H,17,18,19)(H,20,21,22). The Balaban J connectivity index is 1.67. The van der Waals surface area contributed by atoms with Gasteiger partial charge in [-0.05, 0) is 32.0 Å². The van der Waals surface area contributed by atoms with Gasteiger partial charge >= 0.3 is 0 Å². The van der Waals surface area contributed by atoms with Crippen molar-refractivity contribution in [2.24, 2.45) is 0 Å². The SMILES string of the molecule is CC(C)N1CC=Cc2cnc(Nc3ccc4n[nH]nc4c3)nc21. The molecule has 3 heterocycles. The molecule has 0 spiro atoms. The molecule has 0 aliphatic carbocycles. The van der Waals surface area contributed by atoms with Crippen LogP contribution >= 0.6 is 0 Å². The molecule has 0 saturated heterocycles. The maximum Gasteiger partial charge on any atom is 0.229 e. The second-order valence-corrected chi connectivity index (χ2v) is 5.77. The van der Waals surface area contributed by atoms with Crippen molar-refractivity contribution in [3.63, 3.8) is 0 Å². The molecule has 4 rings (SSSR count). The Morgan fingerprint density at radius 2 is 2.09 bits per heavy atom. The normalized spacial score (nSPS) is 13.6. The Hall–Kier alpha value is -2.96. The first kappa shape index (κ1) is 13.7. The van der Waals surface area contributed by atoms with Crippen molar-refractivity contribution in [1.29, 1.82) is 0 Å². The van der Waals surface area contributed by atoms with Crippen molar-refractivity contribution >= 4 is 34.6 Å². The van der Waals surface area contributed by atoms with E-state index in [9.17, 15) is 0 Å². The van der Waals surface area contributed by atoms with Gasteiger partial charge in [0, 0.05) is 30.0 Å². The van der Waals surface area contributed by atoms with Crippen LogP contribution in [0.5, 0.6) is 0 Å². The number of aromatic nitrogens is 5. The van der Waals surface area contributed by atoms with Crippen LogP contribution < -0.4 is 10.2 Å². The van der Waals surface area contributed by atoms with E-state index >= 15 is 0 Å². The van der Waals surface area contributed by atoms with Gasteiger partial charge in [0.2, 0.25) is 5.95 Å². The lowest BCUT2D eigenvalue weighted by atomic mass is 10.1. The van der Waals surface area contributed by atoms with E-state index in [1.807, 2.05) is 24.4 Å². The summed E-state index contributed by atoms with van der Waals surface area (Å²) in [5.41, 5.74) is 3.56. The van der Waals surface area contributed by atoms with Gasteiger partial charge in [-0.25, -0.2) is 4.98 Å². The topological polar surface area (TPSA) is 82.6 Å². The number of rotatable bonds is 3. The van der Waals surface area contributed by atoms with Crippen molar-refractivity contribution in [2.45, 2.75) is 19.9 Å². The summed E-state index contributed by atoms with van der Waals surface area (Å²) < 4.78 is 0. The number of benzene rings is 1. The summed E-state index contributed by atoms with van der Waals surface area (Å²) in [5.74, 6) is 1.54. The molecule has 7 heteroatoms. The van der Waals surface area contributed by atoms with Gasteiger partial charge in [-0.15, -0.1) is 0 Å². The van der Waals surface area contributed by atoms with Crippen molar-refractivity contribution in [2.75, 3.05) is 16.8 Å². The Kier molecular flexibility index (Phi) is 3.18. The average molecular weight is 307 g/mol. The van der Waals surface area contributed by atoms with E-state index in [0.29, 0.717) is 12.0 Å². The number of nitrogens with zero attached hydrogens (tertiary/aromatic N) is 5. The van der Waals surface area contributed by atoms with Crippen molar-refractivity contribution in [3.8, 4) is 0 Å². The number of hydrogen-bond donors (Lipinski definition) is 2. The van der Waals surface area contributed by atoms with Crippen LogP contribution in [0.1, 0.15) is 19.4 Å². The monoisotopic (exact) mass is 307 g/mol. The van der Waals surface area contributed by atoms with Crippen LogP contribution in [-0.4, -0.2) is 38.0 Å². The molecule has 2 N–H and O–H groups in total. The second-order valence-electron chi connectivity index (χ2n) is 5.77. The zero-order valence-corrected chi connectivity index (χ0v) is 13.0. The highest BCUT2D eigenvalue weighted by atomic mass is 15.3. The molecule has 0 unspecified atom stereocenters. The van der Waals surface area contributed by atoms with Gasteiger partial charge in [0.05, 0.1) is 0 Å². The summed E-state index contributed by atoms with van der Waals surface area (Å²) in [7, 11) is 0. The molecule has 0 radical (unpaired) electrons. The summed E-state index contributed by atoms with van der Waals surface area (Å²) >= 11 is 0. The molecule has 1 aliphatic rings. The molecule has 23 heavy (non-hydrogen) atoms. The van der Waals surface area contributed by atoms with E-state index in [-0.39, 0.29) is 0 Å². The van der Waals surface area contributed by atoms with Gasteiger partial charge in [0.15, 0.2) is 0 Å². The van der Waals surface area contributed by atoms with Crippen LogP contribution in [0.15, 0.2) is 30.5 Å². The summed E-state index contributed by atoms with van der Waals surface area (Å²) in [6, 6.07) is 6.14. The lowest BCUT2D eigenvalue weighted by Gasteiger charge is -2.30. The van der Waals surface area contributed by atoms with E-state index in [1.54, 1.807) is 0 Å². The summed E-state index contributed by atoms with van der Waals surface area (Å²) in [5, 5.41) is 14.0. The third-order valence-electron chi connectivity index (χ3n) is 3.86. The molecule has 116 valence electrons. The van der Waals surface area contributed by atoms with E-state index in [4.69, 9.17) is 0 Å². The van der Waals surface area contributed by atoms with Crippen LogP contribution in [-0.2, 0) is 0 Å². The highest BCUT2D eigenvalue weighted by Crippen LogP contribution is 2.27. The molecule has 3 aromatic rings. The average Bonchev–Trinajstić information content (AvgIpc) is 3.01.